The molecule has 6 nitrogen and oxygen atoms in total. The van der Waals surface area contributed by atoms with Gasteiger partial charge in [0.25, 0.3) is 12.3 Å². The van der Waals surface area contributed by atoms with Crippen LogP contribution in [0, 0.1) is 0 Å². The number of amides is 1. The van der Waals surface area contributed by atoms with Crippen LogP contribution in [0.2, 0.25) is 0 Å². The second-order valence-corrected chi connectivity index (χ2v) is 8.26. The number of rotatable bonds is 4. The number of aromatic nitrogens is 3. The van der Waals surface area contributed by atoms with Gasteiger partial charge < -0.3 is 4.90 Å². The van der Waals surface area contributed by atoms with E-state index in [9.17, 15) is 13.6 Å². The molecule has 0 N–H and O–H groups in total. The number of carbonyl (C=O) groups excluding carboxylic acids is 1. The van der Waals surface area contributed by atoms with Gasteiger partial charge in [0, 0.05) is 30.7 Å². The van der Waals surface area contributed by atoms with Gasteiger partial charge in [-0.2, -0.15) is 5.10 Å². The van der Waals surface area contributed by atoms with Gasteiger partial charge in [0.15, 0.2) is 5.65 Å². The van der Waals surface area contributed by atoms with Crippen LogP contribution in [0.25, 0.3) is 5.65 Å². The maximum Gasteiger partial charge on any atom is 0.280 e. The Hall–Kier alpha value is -1.61. The highest BCUT2D eigenvalue weighted by Gasteiger charge is 2.33. The number of hydrogen-bond donors (Lipinski definition) is 0. The maximum atomic E-state index is 13.6. The van der Waals surface area contributed by atoms with Crippen LogP contribution in [0.1, 0.15) is 72.6 Å². The van der Waals surface area contributed by atoms with Crippen molar-refractivity contribution in [1.29, 1.82) is 0 Å². The summed E-state index contributed by atoms with van der Waals surface area (Å²) in [4.78, 5) is 22.1. The van der Waals surface area contributed by atoms with E-state index >= 15 is 0 Å². The first kappa shape index (κ1) is 20.7. The molecule has 0 aromatic carbocycles. The zero-order valence-electron chi connectivity index (χ0n) is 16.3. The van der Waals surface area contributed by atoms with E-state index in [4.69, 9.17) is 0 Å². The molecule has 158 valence electrons. The van der Waals surface area contributed by atoms with E-state index in [1.807, 2.05) is 4.90 Å². The molecule has 1 aliphatic carbocycles. The Morgan fingerprint density at radius 2 is 1.86 bits per heavy atom. The first-order chi connectivity index (χ1) is 13.6. The van der Waals surface area contributed by atoms with Crippen LogP contribution in [0.5, 0.6) is 0 Å². The van der Waals surface area contributed by atoms with Crippen molar-refractivity contribution in [1.82, 2.24) is 24.4 Å². The van der Waals surface area contributed by atoms with Gasteiger partial charge in [-0.3, -0.25) is 9.69 Å². The third-order valence-electron chi connectivity index (χ3n) is 6.31. The van der Waals surface area contributed by atoms with E-state index in [0.717, 1.165) is 43.3 Å². The monoisotopic (exact) mass is 469 g/mol. The summed E-state index contributed by atoms with van der Waals surface area (Å²) in [5, 5.41) is 4.09. The Morgan fingerprint density at radius 1 is 1.10 bits per heavy atom. The van der Waals surface area contributed by atoms with Gasteiger partial charge in [-0.25, -0.2) is 18.3 Å². The normalized spacial score (nSPS) is 23.0. The summed E-state index contributed by atoms with van der Waals surface area (Å²) < 4.78 is 28.3. The Labute approximate surface area is 179 Å². The molecule has 9 heteroatoms. The molecule has 0 bridgehead atoms. The molecule has 1 atom stereocenters. The van der Waals surface area contributed by atoms with Crippen molar-refractivity contribution < 1.29 is 13.6 Å². The first-order valence-corrected chi connectivity index (χ1v) is 10.3. The summed E-state index contributed by atoms with van der Waals surface area (Å²) in [6.45, 7) is 3.60. The fourth-order valence-corrected chi connectivity index (χ4v) is 4.61. The van der Waals surface area contributed by atoms with Crippen LogP contribution in [0.4, 0.5) is 8.78 Å². The molecule has 3 aliphatic rings. The molecule has 0 spiro atoms. The van der Waals surface area contributed by atoms with Gasteiger partial charge >= 0.3 is 0 Å². The van der Waals surface area contributed by atoms with Gasteiger partial charge in [-0.1, -0.05) is 0 Å². The summed E-state index contributed by atoms with van der Waals surface area (Å²) in [5.41, 5.74) is 1.09. The molecule has 2 aromatic rings. The number of fused-ring (bicyclic) bond motifs is 1. The lowest BCUT2D eigenvalue weighted by Gasteiger charge is -2.37. The molecule has 2 aliphatic heterocycles. The number of alkyl halides is 2. The van der Waals surface area contributed by atoms with Crippen LogP contribution < -0.4 is 0 Å². The highest BCUT2D eigenvalue weighted by molar-refractivity contribution is 8.93. The minimum absolute atomic E-state index is 0. The number of nitrogens with zero attached hydrogens (tertiary/aromatic N) is 5. The Bertz CT molecular complexity index is 894. The lowest BCUT2D eigenvalue weighted by Crippen LogP contribution is -2.49. The van der Waals surface area contributed by atoms with Crippen molar-refractivity contribution in [3.05, 3.63) is 29.2 Å². The van der Waals surface area contributed by atoms with E-state index < -0.39 is 6.43 Å². The van der Waals surface area contributed by atoms with Crippen molar-refractivity contribution in [2.24, 2.45) is 0 Å². The molecule has 4 heterocycles. The van der Waals surface area contributed by atoms with Crippen LogP contribution in [-0.2, 0) is 0 Å². The molecular formula is C20H26BrF2N5O. The van der Waals surface area contributed by atoms with E-state index in [1.165, 1.54) is 25.1 Å². The summed E-state index contributed by atoms with van der Waals surface area (Å²) in [6.07, 6.45) is 5.21. The van der Waals surface area contributed by atoms with E-state index in [0.29, 0.717) is 30.4 Å². The highest BCUT2D eigenvalue weighted by atomic mass is 79.9. The first-order valence-electron chi connectivity index (χ1n) is 10.3. The molecule has 0 radical (unpaired) electrons. The van der Waals surface area contributed by atoms with Gasteiger partial charge in [0.05, 0.1) is 6.20 Å². The van der Waals surface area contributed by atoms with Crippen molar-refractivity contribution in [3.63, 3.8) is 0 Å². The van der Waals surface area contributed by atoms with Crippen LogP contribution >= 0.6 is 17.0 Å². The molecule has 5 rings (SSSR count). The van der Waals surface area contributed by atoms with Crippen LogP contribution in [-0.4, -0.2) is 62.5 Å². The maximum absolute atomic E-state index is 13.6. The van der Waals surface area contributed by atoms with Gasteiger partial charge in [-0.15, -0.1) is 17.0 Å². The predicted octanol–water partition coefficient (Wildman–Crippen LogP) is 3.82. The van der Waals surface area contributed by atoms with Crippen molar-refractivity contribution in [2.75, 3.05) is 26.2 Å². The average molecular weight is 470 g/mol. The number of likely N-dealkylation sites (tertiary alicyclic amines) is 2. The van der Waals surface area contributed by atoms with Crippen molar-refractivity contribution in [3.8, 4) is 0 Å². The Morgan fingerprint density at radius 3 is 2.55 bits per heavy atom. The molecule has 29 heavy (non-hydrogen) atoms. The average Bonchev–Trinajstić information content (AvgIpc) is 3.25. The quantitative estimate of drug-likeness (QED) is 0.682. The fourth-order valence-electron chi connectivity index (χ4n) is 4.61. The Balaban J connectivity index is 0.00000205. The van der Waals surface area contributed by atoms with Gasteiger partial charge in [0.1, 0.15) is 11.3 Å². The van der Waals surface area contributed by atoms with Crippen molar-refractivity contribution in [2.45, 2.75) is 56.9 Å². The summed E-state index contributed by atoms with van der Waals surface area (Å²) in [7, 11) is 0. The lowest BCUT2D eigenvalue weighted by molar-refractivity contribution is 0.0609. The van der Waals surface area contributed by atoms with E-state index in [2.05, 4.69) is 15.0 Å². The summed E-state index contributed by atoms with van der Waals surface area (Å²) in [6, 6.07) is 1.84. The molecule has 2 aromatic heterocycles. The Kier molecular flexibility index (Phi) is 5.88. The summed E-state index contributed by atoms with van der Waals surface area (Å²) in [5.74, 6) is 0.0921. The highest BCUT2D eigenvalue weighted by Crippen LogP contribution is 2.40. The van der Waals surface area contributed by atoms with Crippen LogP contribution in [0.15, 0.2) is 12.3 Å². The molecule has 1 amide bonds. The SMILES string of the molecule is Br.O=C(c1cnn2c(C(F)F)cc(C3CC3)nc12)N1CCCC(N2CCCC2)C1. The van der Waals surface area contributed by atoms with Crippen LogP contribution in [0.3, 0.4) is 0 Å². The molecular weight excluding hydrogens is 444 g/mol. The number of hydrogen-bond acceptors (Lipinski definition) is 4. The lowest BCUT2D eigenvalue weighted by atomic mass is 10.0. The van der Waals surface area contributed by atoms with Gasteiger partial charge in [0.2, 0.25) is 0 Å². The molecule has 2 saturated heterocycles. The zero-order valence-corrected chi connectivity index (χ0v) is 18.0. The smallest absolute Gasteiger partial charge is 0.280 e. The second kappa shape index (κ2) is 8.26. The zero-order chi connectivity index (χ0) is 19.3. The third kappa shape index (κ3) is 3.91. The number of carbonyl (C=O) groups is 1. The minimum atomic E-state index is -2.65. The predicted molar refractivity (Wildman–Crippen MR) is 110 cm³/mol. The third-order valence-corrected chi connectivity index (χ3v) is 6.31. The largest absolute Gasteiger partial charge is 0.337 e. The second-order valence-electron chi connectivity index (χ2n) is 8.26. The molecule has 3 fully saturated rings. The van der Waals surface area contributed by atoms with E-state index in [-0.39, 0.29) is 40.1 Å². The summed E-state index contributed by atoms with van der Waals surface area (Å²) >= 11 is 0. The van der Waals surface area contributed by atoms with Gasteiger partial charge in [-0.05, 0) is 57.7 Å². The fraction of sp³-hybridized carbons (Fsp3) is 0.650. The number of halogens is 3. The topological polar surface area (TPSA) is 53.7 Å². The molecule has 1 unspecified atom stereocenters. The van der Waals surface area contributed by atoms with E-state index in [1.54, 1.807) is 0 Å². The minimum Gasteiger partial charge on any atom is -0.337 e. The van der Waals surface area contributed by atoms with Crippen molar-refractivity contribution >= 4 is 28.5 Å². The standard InChI is InChI=1S/C20H25F2N5O.BrH/c21-18(22)17-10-16(13-5-6-13)24-19-15(11-23-27(17)19)20(28)26-9-3-4-14(12-26)25-7-1-2-8-25;/h10-11,13-14,18H,1-9,12H2;1H. The molecule has 1 saturated carbocycles. The number of piperidine rings is 1.